The Morgan fingerprint density at radius 3 is 2.79 bits per heavy atom. The molecule has 2 heterocycles. The van der Waals surface area contributed by atoms with E-state index in [9.17, 15) is 10.1 Å². The number of rotatable bonds is 3. The van der Waals surface area contributed by atoms with E-state index in [1.807, 2.05) is 12.1 Å². The fraction of sp³-hybridized carbons (Fsp3) is 0.235. The second-order valence-electron chi connectivity index (χ2n) is 5.69. The van der Waals surface area contributed by atoms with Crippen LogP contribution >= 0.6 is 0 Å². The summed E-state index contributed by atoms with van der Waals surface area (Å²) in [7, 11) is 0. The zero-order valence-corrected chi connectivity index (χ0v) is 12.9. The van der Waals surface area contributed by atoms with Gasteiger partial charge in [-0.05, 0) is 18.2 Å². The van der Waals surface area contributed by atoms with Gasteiger partial charge >= 0.3 is 0 Å². The molecule has 24 heavy (non-hydrogen) atoms. The van der Waals surface area contributed by atoms with E-state index in [1.165, 1.54) is 12.1 Å². The van der Waals surface area contributed by atoms with Crippen LogP contribution in [-0.2, 0) is 4.74 Å². The first-order valence-electron chi connectivity index (χ1n) is 7.78. The van der Waals surface area contributed by atoms with Crippen molar-refractivity contribution in [3.63, 3.8) is 0 Å². The summed E-state index contributed by atoms with van der Waals surface area (Å²) in [6.07, 6.45) is 0. The van der Waals surface area contributed by atoms with Crippen molar-refractivity contribution in [2.45, 2.75) is 0 Å². The van der Waals surface area contributed by atoms with Crippen LogP contribution in [-0.4, -0.2) is 41.2 Å². The molecule has 1 aromatic heterocycles. The Morgan fingerprint density at radius 2 is 2.00 bits per heavy atom. The molecule has 1 aliphatic rings. The summed E-state index contributed by atoms with van der Waals surface area (Å²) in [6, 6.07) is 12.8. The van der Waals surface area contributed by atoms with E-state index in [1.54, 1.807) is 6.07 Å². The van der Waals surface area contributed by atoms with Crippen LogP contribution in [0, 0.1) is 10.1 Å². The normalized spacial score (nSPS) is 14.9. The van der Waals surface area contributed by atoms with Crippen LogP contribution < -0.4 is 4.90 Å². The highest BCUT2D eigenvalue weighted by atomic mass is 16.6. The fourth-order valence-corrected chi connectivity index (χ4v) is 2.92. The maximum Gasteiger partial charge on any atom is 0.271 e. The van der Waals surface area contributed by atoms with Crippen LogP contribution in [0.2, 0.25) is 0 Å². The Bertz CT molecular complexity index is 900. The first kappa shape index (κ1) is 14.6. The van der Waals surface area contributed by atoms with Crippen molar-refractivity contribution in [2.24, 2.45) is 0 Å². The van der Waals surface area contributed by atoms with E-state index in [-0.39, 0.29) is 5.69 Å². The average molecular weight is 324 g/mol. The Hall–Kier alpha value is -2.93. The number of non-ortho nitro benzene ring substituents is 1. The number of ether oxygens (including phenoxy) is 1. The lowest BCUT2D eigenvalue weighted by Gasteiger charge is -2.29. The van der Waals surface area contributed by atoms with E-state index in [0.717, 1.165) is 37.6 Å². The molecule has 4 rings (SSSR count). The molecule has 0 atom stereocenters. The third kappa shape index (κ3) is 2.69. The Morgan fingerprint density at radius 1 is 1.17 bits per heavy atom. The topological polar surface area (TPSA) is 84.3 Å². The molecule has 0 amide bonds. The molecule has 0 spiro atoms. The predicted octanol–water partition coefficient (Wildman–Crippen LogP) is 2.97. The van der Waals surface area contributed by atoms with Gasteiger partial charge in [-0.3, -0.25) is 10.1 Å². The van der Waals surface area contributed by atoms with Crippen LogP contribution in [0.5, 0.6) is 0 Å². The summed E-state index contributed by atoms with van der Waals surface area (Å²) in [6.45, 7) is 3.21. The number of hydrogen-bond acceptors (Lipinski definition) is 5. The van der Waals surface area contributed by atoms with Gasteiger partial charge in [-0.2, -0.15) is 0 Å². The van der Waals surface area contributed by atoms with Gasteiger partial charge in [0.2, 0.25) is 0 Å². The Balaban J connectivity index is 1.70. The van der Waals surface area contributed by atoms with Gasteiger partial charge in [0.05, 0.1) is 29.2 Å². The highest BCUT2D eigenvalue weighted by Gasteiger charge is 2.14. The fourth-order valence-electron chi connectivity index (χ4n) is 2.92. The van der Waals surface area contributed by atoms with Crippen LogP contribution in [0.4, 0.5) is 11.4 Å². The zero-order valence-electron chi connectivity index (χ0n) is 12.9. The summed E-state index contributed by atoms with van der Waals surface area (Å²) in [4.78, 5) is 20.5. The summed E-state index contributed by atoms with van der Waals surface area (Å²) in [5.41, 5.74) is 3.52. The number of hydrogen-bond donors (Lipinski definition) is 1. The van der Waals surface area contributed by atoms with E-state index < -0.39 is 4.92 Å². The highest BCUT2D eigenvalue weighted by molar-refractivity contribution is 5.82. The Kier molecular flexibility index (Phi) is 3.62. The second-order valence-corrected chi connectivity index (χ2v) is 5.69. The van der Waals surface area contributed by atoms with Crippen molar-refractivity contribution < 1.29 is 9.66 Å². The zero-order chi connectivity index (χ0) is 16.5. The van der Waals surface area contributed by atoms with Gasteiger partial charge in [-0.1, -0.05) is 12.1 Å². The van der Waals surface area contributed by atoms with E-state index in [0.29, 0.717) is 16.9 Å². The van der Waals surface area contributed by atoms with Gasteiger partial charge in [0.15, 0.2) is 0 Å². The number of aromatic nitrogens is 2. The van der Waals surface area contributed by atoms with Crippen molar-refractivity contribution in [2.75, 3.05) is 31.2 Å². The maximum absolute atomic E-state index is 10.9. The highest BCUT2D eigenvalue weighted by Crippen LogP contribution is 2.27. The molecule has 2 aromatic carbocycles. The number of nitro groups is 1. The summed E-state index contributed by atoms with van der Waals surface area (Å²) < 4.78 is 5.39. The lowest BCUT2D eigenvalue weighted by Crippen LogP contribution is -2.36. The molecule has 7 heteroatoms. The standard InChI is InChI=1S/C17H16N4O3/c22-21(23)14-4-5-15-16(11-14)19-17(18-15)12-2-1-3-13(10-12)20-6-8-24-9-7-20/h1-5,10-11H,6-9H2,(H,18,19). The monoisotopic (exact) mass is 324 g/mol. The molecule has 1 aliphatic heterocycles. The first-order chi connectivity index (χ1) is 11.7. The minimum atomic E-state index is -0.404. The van der Waals surface area contributed by atoms with E-state index in [4.69, 9.17) is 4.74 Å². The summed E-state index contributed by atoms with van der Waals surface area (Å²) in [5.74, 6) is 0.709. The molecule has 0 saturated carbocycles. The number of H-pyrrole nitrogens is 1. The number of fused-ring (bicyclic) bond motifs is 1. The minimum Gasteiger partial charge on any atom is -0.378 e. The van der Waals surface area contributed by atoms with Gasteiger partial charge in [0.1, 0.15) is 5.82 Å². The van der Waals surface area contributed by atoms with Gasteiger partial charge in [0, 0.05) is 36.5 Å². The molecule has 0 bridgehead atoms. The average Bonchev–Trinajstić information content (AvgIpc) is 3.06. The van der Waals surface area contributed by atoms with Crippen molar-refractivity contribution >= 4 is 22.4 Å². The largest absolute Gasteiger partial charge is 0.378 e. The smallest absolute Gasteiger partial charge is 0.271 e. The van der Waals surface area contributed by atoms with Gasteiger partial charge in [-0.15, -0.1) is 0 Å². The number of aromatic amines is 1. The van der Waals surface area contributed by atoms with Crippen molar-refractivity contribution in [3.05, 3.63) is 52.6 Å². The van der Waals surface area contributed by atoms with Gasteiger partial charge in [0.25, 0.3) is 5.69 Å². The quantitative estimate of drug-likeness (QED) is 0.591. The molecule has 0 unspecified atom stereocenters. The minimum absolute atomic E-state index is 0.0553. The SMILES string of the molecule is O=[N+]([O-])c1ccc2nc(-c3cccc(N4CCOCC4)c3)[nH]c2c1. The summed E-state index contributed by atoms with van der Waals surface area (Å²) >= 11 is 0. The number of morpholine rings is 1. The first-order valence-corrected chi connectivity index (χ1v) is 7.78. The molecule has 0 radical (unpaired) electrons. The second kappa shape index (κ2) is 5.93. The lowest BCUT2D eigenvalue weighted by atomic mass is 10.1. The molecule has 1 fully saturated rings. The van der Waals surface area contributed by atoms with Crippen molar-refractivity contribution in [1.29, 1.82) is 0 Å². The van der Waals surface area contributed by atoms with Crippen LogP contribution in [0.1, 0.15) is 0 Å². The summed E-state index contributed by atoms with van der Waals surface area (Å²) in [5, 5.41) is 10.9. The molecular formula is C17H16N4O3. The number of nitro benzene ring substituents is 1. The van der Waals surface area contributed by atoms with Crippen LogP contribution in [0.3, 0.4) is 0 Å². The molecule has 122 valence electrons. The van der Waals surface area contributed by atoms with Crippen molar-refractivity contribution in [1.82, 2.24) is 9.97 Å². The van der Waals surface area contributed by atoms with Crippen LogP contribution in [0.25, 0.3) is 22.4 Å². The van der Waals surface area contributed by atoms with Crippen LogP contribution in [0.15, 0.2) is 42.5 Å². The predicted molar refractivity (Wildman–Crippen MR) is 91.2 cm³/mol. The maximum atomic E-state index is 10.9. The number of nitrogens with zero attached hydrogens (tertiary/aromatic N) is 3. The molecule has 1 N–H and O–H groups in total. The number of imidazole rings is 1. The van der Waals surface area contributed by atoms with Gasteiger partial charge in [-0.25, -0.2) is 4.98 Å². The number of anilines is 1. The number of nitrogens with one attached hydrogen (secondary N) is 1. The molecule has 0 aliphatic carbocycles. The van der Waals surface area contributed by atoms with E-state index in [2.05, 4.69) is 27.0 Å². The van der Waals surface area contributed by atoms with Gasteiger partial charge < -0.3 is 14.6 Å². The Labute approximate surface area is 138 Å². The third-order valence-corrected chi connectivity index (χ3v) is 4.17. The molecule has 3 aromatic rings. The van der Waals surface area contributed by atoms with Crippen molar-refractivity contribution in [3.8, 4) is 11.4 Å². The number of benzene rings is 2. The molecule has 7 nitrogen and oxygen atoms in total. The lowest BCUT2D eigenvalue weighted by molar-refractivity contribution is -0.384. The molecule has 1 saturated heterocycles. The van der Waals surface area contributed by atoms with E-state index >= 15 is 0 Å². The molecular weight excluding hydrogens is 308 g/mol. The third-order valence-electron chi connectivity index (χ3n) is 4.17.